The number of carbonyl (C=O) groups excluding carboxylic acids is 2. The van der Waals surface area contributed by atoms with Gasteiger partial charge in [-0.15, -0.1) is 0 Å². The zero-order chi connectivity index (χ0) is 14.5. The van der Waals surface area contributed by atoms with Crippen molar-refractivity contribution in [2.24, 2.45) is 10.8 Å². The summed E-state index contributed by atoms with van der Waals surface area (Å²) in [6, 6.07) is 7.86. The molecule has 2 amide bonds. The van der Waals surface area contributed by atoms with E-state index in [1.54, 1.807) is 0 Å². The molecule has 2 atom stereocenters. The maximum atomic E-state index is 12.5. The van der Waals surface area contributed by atoms with Gasteiger partial charge in [-0.2, -0.15) is 0 Å². The molecule has 0 spiro atoms. The van der Waals surface area contributed by atoms with E-state index in [4.69, 9.17) is 0 Å². The van der Waals surface area contributed by atoms with E-state index in [-0.39, 0.29) is 28.6 Å². The van der Waals surface area contributed by atoms with E-state index in [1.807, 2.05) is 24.3 Å². The quantitative estimate of drug-likeness (QED) is 0.842. The zero-order valence-electron chi connectivity index (χ0n) is 11.7. The number of rotatable bonds is 2. The number of hydrogen-bond acceptors (Lipinski definition) is 2. The molecule has 1 aliphatic carbocycles. The summed E-state index contributed by atoms with van der Waals surface area (Å²) in [6.07, 6.45) is 2.61. The number of piperidine rings is 1. The molecule has 1 aromatic rings. The molecule has 3 nitrogen and oxygen atoms in total. The lowest BCUT2D eigenvalue weighted by molar-refractivity contribution is -0.142. The molecule has 1 saturated carbocycles. The van der Waals surface area contributed by atoms with Crippen molar-refractivity contribution >= 4 is 27.7 Å². The highest BCUT2D eigenvalue weighted by atomic mass is 79.9. The fourth-order valence-corrected chi connectivity index (χ4v) is 3.92. The first-order valence-corrected chi connectivity index (χ1v) is 7.74. The Kier molecular flexibility index (Phi) is 3.05. The lowest BCUT2D eigenvalue weighted by Crippen LogP contribution is -2.52. The van der Waals surface area contributed by atoms with Gasteiger partial charge in [0.1, 0.15) is 0 Å². The van der Waals surface area contributed by atoms with Crippen molar-refractivity contribution < 1.29 is 9.59 Å². The van der Waals surface area contributed by atoms with Crippen molar-refractivity contribution in [2.75, 3.05) is 0 Å². The van der Waals surface area contributed by atoms with E-state index >= 15 is 0 Å². The molecule has 106 valence electrons. The van der Waals surface area contributed by atoms with Gasteiger partial charge in [0.2, 0.25) is 11.8 Å². The van der Waals surface area contributed by atoms with E-state index < -0.39 is 0 Å². The first-order valence-electron chi connectivity index (χ1n) is 6.95. The minimum Gasteiger partial charge on any atom is -0.296 e. The third-order valence-corrected chi connectivity index (χ3v) is 5.74. The van der Waals surface area contributed by atoms with Crippen molar-refractivity contribution in [1.29, 1.82) is 0 Å². The van der Waals surface area contributed by atoms with Gasteiger partial charge in [0.15, 0.2) is 0 Å². The SMILES string of the molecule is CC1(C2(C)CC(=O)NC(=O)C2c2cccc(Br)c2)CC1. The van der Waals surface area contributed by atoms with Gasteiger partial charge in [0, 0.05) is 10.9 Å². The summed E-state index contributed by atoms with van der Waals surface area (Å²) in [5.41, 5.74) is 0.778. The minimum atomic E-state index is -0.298. The van der Waals surface area contributed by atoms with Crippen molar-refractivity contribution in [3.05, 3.63) is 34.3 Å². The van der Waals surface area contributed by atoms with Crippen LogP contribution in [-0.4, -0.2) is 11.8 Å². The van der Waals surface area contributed by atoms with Crippen molar-refractivity contribution in [1.82, 2.24) is 5.32 Å². The predicted molar refractivity (Wildman–Crippen MR) is 80.1 cm³/mol. The second kappa shape index (κ2) is 4.42. The van der Waals surface area contributed by atoms with Crippen LogP contribution in [0.4, 0.5) is 0 Å². The fourth-order valence-electron chi connectivity index (χ4n) is 3.50. The van der Waals surface area contributed by atoms with Gasteiger partial charge < -0.3 is 0 Å². The van der Waals surface area contributed by atoms with Crippen LogP contribution < -0.4 is 5.32 Å². The van der Waals surface area contributed by atoms with Crippen LogP contribution >= 0.6 is 15.9 Å². The second-order valence-electron chi connectivity index (χ2n) is 6.56. The van der Waals surface area contributed by atoms with Gasteiger partial charge in [-0.05, 0) is 41.4 Å². The van der Waals surface area contributed by atoms with E-state index in [9.17, 15) is 9.59 Å². The molecule has 2 fully saturated rings. The van der Waals surface area contributed by atoms with Gasteiger partial charge in [-0.1, -0.05) is 41.9 Å². The van der Waals surface area contributed by atoms with Crippen LogP contribution in [0.25, 0.3) is 0 Å². The number of nitrogens with one attached hydrogen (secondary N) is 1. The third kappa shape index (κ3) is 2.01. The molecule has 2 unspecified atom stereocenters. The van der Waals surface area contributed by atoms with E-state index in [0.29, 0.717) is 6.42 Å². The number of amides is 2. The van der Waals surface area contributed by atoms with Crippen molar-refractivity contribution in [3.63, 3.8) is 0 Å². The Balaban J connectivity index is 2.09. The summed E-state index contributed by atoms with van der Waals surface area (Å²) >= 11 is 3.47. The number of hydrogen-bond donors (Lipinski definition) is 1. The summed E-state index contributed by atoms with van der Waals surface area (Å²) in [6.45, 7) is 4.30. The fraction of sp³-hybridized carbons (Fsp3) is 0.500. The topological polar surface area (TPSA) is 46.2 Å². The summed E-state index contributed by atoms with van der Waals surface area (Å²) in [5.74, 6) is -0.558. The molecular weight excluding hydrogens is 318 g/mol. The molecular formula is C16H18BrNO2. The predicted octanol–water partition coefficient (Wildman–Crippen LogP) is 3.39. The Labute approximate surface area is 127 Å². The second-order valence-corrected chi connectivity index (χ2v) is 7.47. The van der Waals surface area contributed by atoms with Gasteiger partial charge in [0.05, 0.1) is 5.92 Å². The molecule has 20 heavy (non-hydrogen) atoms. The van der Waals surface area contributed by atoms with Crippen LogP contribution in [0.5, 0.6) is 0 Å². The molecule has 0 aromatic heterocycles. The summed E-state index contributed by atoms with van der Waals surface area (Å²) in [4.78, 5) is 24.3. The number of carbonyl (C=O) groups is 2. The van der Waals surface area contributed by atoms with E-state index in [0.717, 1.165) is 22.9 Å². The molecule has 1 N–H and O–H groups in total. The molecule has 1 heterocycles. The zero-order valence-corrected chi connectivity index (χ0v) is 13.3. The van der Waals surface area contributed by atoms with Gasteiger partial charge in [0.25, 0.3) is 0 Å². The summed E-state index contributed by atoms with van der Waals surface area (Å²) < 4.78 is 0.961. The van der Waals surface area contributed by atoms with E-state index in [1.165, 1.54) is 0 Å². The maximum absolute atomic E-state index is 12.5. The molecule has 1 aliphatic heterocycles. The van der Waals surface area contributed by atoms with Crippen LogP contribution in [0.3, 0.4) is 0 Å². The largest absolute Gasteiger partial charge is 0.296 e. The Hall–Kier alpha value is -1.16. The lowest BCUT2D eigenvalue weighted by atomic mass is 9.60. The van der Waals surface area contributed by atoms with Crippen LogP contribution in [0.15, 0.2) is 28.7 Å². The van der Waals surface area contributed by atoms with Crippen LogP contribution in [-0.2, 0) is 9.59 Å². The summed E-state index contributed by atoms with van der Waals surface area (Å²) in [5, 5.41) is 2.51. The monoisotopic (exact) mass is 335 g/mol. The average molecular weight is 336 g/mol. The minimum absolute atomic E-state index is 0.0907. The molecule has 2 aliphatic rings. The van der Waals surface area contributed by atoms with Crippen LogP contribution in [0, 0.1) is 10.8 Å². The Morgan fingerprint density at radius 1 is 1.25 bits per heavy atom. The van der Waals surface area contributed by atoms with Crippen LogP contribution in [0.1, 0.15) is 44.6 Å². The highest BCUT2D eigenvalue weighted by molar-refractivity contribution is 9.10. The molecule has 0 radical (unpaired) electrons. The van der Waals surface area contributed by atoms with Crippen molar-refractivity contribution in [3.8, 4) is 0 Å². The molecule has 0 bridgehead atoms. The number of imide groups is 1. The summed E-state index contributed by atoms with van der Waals surface area (Å²) in [7, 11) is 0. The smallest absolute Gasteiger partial charge is 0.234 e. The Bertz CT molecular complexity index is 594. The highest BCUT2D eigenvalue weighted by Gasteiger charge is 2.61. The molecule has 1 aromatic carbocycles. The average Bonchev–Trinajstić information content (AvgIpc) is 3.08. The third-order valence-electron chi connectivity index (χ3n) is 5.25. The van der Waals surface area contributed by atoms with Crippen molar-refractivity contribution in [2.45, 2.75) is 39.0 Å². The Morgan fingerprint density at radius 2 is 1.95 bits per heavy atom. The standard InChI is InChI=1S/C16H18BrNO2/c1-15(6-7-15)16(2)9-12(19)18-14(20)13(16)10-4-3-5-11(17)8-10/h3-5,8,13H,6-7,9H2,1-2H3,(H,18,19,20). The van der Waals surface area contributed by atoms with Gasteiger partial charge >= 0.3 is 0 Å². The number of halogens is 1. The maximum Gasteiger partial charge on any atom is 0.234 e. The molecule has 3 rings (SSSR count). The van der Waals surface area contributed by atoms with Gasteiger partial charge in [-0.3, -0.25) is 14.9 Å². The van der Waals surface area contributed by atoms with Gasteiger partial charge in [-0.25, -0.2) is 0 Å². The Morgan fingerprint density at radius 3 is 2.55 bits per heavy atom. The first-order chi connectivity index (χ1) is 9.36. The molecule has 4 heteroatoms. The number of benzene rings is 1. The van der Waals surface area contributed by atoms with E-state index in [2.05, 4.69) is 35.1 Å². The normalized spacial score (nSPS) is 31.9. The highest BCUT2D eigenvalue weighted by Crippen LogP contribution is 2.65. The lowest BCUT2D eigenvalue weighted by Gasteiger charge is -2.45. The first kappa shape index (κ1) is 13.8. The molecule has 1 saturated heterocycles. The van der Waals surface area contributed by atoms with Crippen LogP contribution in [0.2, 0.25) is 0 Å².